The summed E-state index contributed by atoms with van der Waals surface area (Å²) >= 11 is 0. The predicted octanol–water partition coefficient (Wildman–Crippen LogP) is 4.34. The van der Waals surface area contributed by atoms with Crippen LogP contribution in [0.1, 0.15) is 38.2 Å². The minimum atomic E-state index is -4.07. The third-order valence-electron chi connectivity index (χ3n) is 3.35. The SMILES string of the molecule is CCCNC(CCCC(F)(F)F)Cc1ccccc1OC. The van der Waals surface area contributed by atoms with E-state index >= 15 is 0 Å². The first-order valence-corrected chi connectivity index (χ1v) is 7.38. The molecule has 1 rings (SSSR count). The molecule has 1 aromatic carbocycles. The van der Waals surface area contributed by atoms with E-state index in [1.807, 2.05) is 31.2 Å². The van der Waals surface area contributed by atoms with Crippen molar-refractivity contribution < 1.29 is 17.9 Å². The summed E-state index contributed by atoms with van der Waals surface area (Å²) in [6, 6.07) is 7.69. The van der Waals surface area contributed by atoms with E-state index in [1.54, 1.807) is 7.11 Å². The summed E-state index contributed by atoms with van der Waals surface area (Å²) in [6.07, 6.45) is -2.48. The van der Waals surface area contributed by atoms with Gasteiger partial charge in [0.25, 0.3) is 0 Å². The summed E-state index contributed by atoms with van der Waals surface area (Å²) < 4.78 is 42.1. The average Bonchev–Trinajstić information content (AvgIpc) is 2.43. The molecule has 1 atom stereocenters. The van der Waals surface area contributed by atoms with E-state index in [4.69, 9.17) is 4.74 Å². The van der Waals surface area contributed by atoms with Crippen LogP contribution in [0.4, 0.5) is 13.2 Å². The second-order valence-electron chi connectivity index (χ2n) is 5.17. The molecule has 0 amide bonds. The molecule has 0 fully saturated rings. The molecule has 1 unspecified atom stereocenters. The zero-order valence-electron chi connectivity index (χ0n) is 12.7. The third kappa shape index (κ3) is 7.37. The molecular weight excluding hydrogens is 279 g/mol. The van der Waals surface area contributed by atoms with E-state index in [0.717, 1.165) is 24.3 Å². The van der Waals surface area contributed by atoms with E-state index in [0.29, 0.717) is 12.8 Å². The minimum Gasteiger partial charge on any atom is -0.496 e. The lowest BCUT2D eigenvalue weighted by atomic mass is 10.00. The van der Waals surface area contributed by atoms with E-state index in [2.05, 4.69) is 5.32 Å². The highest BCUT2D eigenvalue weighted by Crippen LogP contribution is 2.24. The molecular formula is C16H24F3NO. The number of rotatable bonds is 9. The van der Waals surface area contributed by atoms with Crippen LogP contribution in [0.15, 0.2) is 24.3 Å². The number of halogens is 3. The van der Waals surface area contributed by atoms with Gasteiger partial charge >= 0.3 is 6.18 Å². The molecule has 0 aliphatic carbocycles. The van der Waals surface area contributed by atoms with Crippen LogP contribution in [0.2, 0.25) is 0 Å². The molecule has 1 N–H and O–H groups in total. The van der Waals surface area contributed by atoms with Crippen LogP contribution in [0.25, 0.3) is 0 Å². The number of benzene rings is 1. The molecule has 0 bridgehead atoms. The number of alkyl halides is 3. The minimum absolute atomic E-state index is 0.0450. The Kier molecular flexibility index (Phi) is 7.57. The van der Waals surface area contributed by atoms with Gasteiger partial charge in [-0.15, -0.1) is 0 Å². The molecule has 0 aliphatic heterocycles. The first-order valence-electron chi connectivity index (χ1n) is 7.38. The van der Waals surface area contributed by atoms with E-state index in [-0.39, 0.29) is 12.5 Å². The summed E-state index contributed by atoms with van der Waals surface area (Å²) in [5.41, 5.74) is 1.03. The van der Waals surface area contributed by atoms with Gasteiger partial charge in [0.05, 0.1) is 7.11 Å². The fourth-order valence-corrected chi connectivity index (χ4v) is 2.31. The van der Waals surface area contributed by atoms with Crippen molar-refractivity contribution in [2.24, 2.45) is 0 Å². The Hall–Kier alpha value is -1.23. The molecule has 2 nitrogen and oxygen atoms in total. The van der Waals surface area contributed by atoms with Gasteiger partial charge in [-0.25, -0.2) is 0 Å². The third-order valence-corrected chi connectivity index (χ3v) is 3.35. The standard InChI is InChI=1S/C16H24F3NO/c1-3-11-20-14(8-6-10-16(17,18)19)12-13-7-4-5-9-15(13)21-2/h4-5,7,9,14,20H,3,6,8,10-12H2,1-2H3. The van der Waals surface area contributed by atoms with Crippen LogP contribution in [-0.4, -0.2) is 25.9 Å². The summed E-state index contributed by atoms with van der Waals surface area (Å²) in [5.74, 6) is 0.789. The molecule has 21 heavy (non-hydrogen) atoms. The van der Waals surface area contributed by atoms with Gasteiger partial charge in [0.15, 0.2) is 0 Å². The predicted molar refractivity (Wildman–Crippen MR) is 78.7 cm³/mol. The van der Waals surface area contributed by atoms with Crippen molar-refractivity contribution in [3.63, 3.8) is 0 Å². The Labute approximate surface area is 124 Å². The van der Waals surface area contributed by atoms with Crippen LogP contribution in [0.5, 0.6) is 5.75 Å². The molecule has 0 aromatic heterocycles. The van der Waals surface area contributed by atoms with Gasteiger partial charge in [-0.1, -0.05) is 25.1 Å². The number of hydrogen-bond donors (Lipinski definition) is 1. The van der Waals surface area contributed by atoms with E-state index in [1.165, 1.54) is 0 Å². The molecule has 120 valence electrons. The number of para-hydroxylation sites is 1. The number of nitrogens with one attached hydrogen (secondary N) is 1. The zero-order valence-corrected chi connectivity index (χ0v) is 12.7. The van der Waals surface area contributed by atoms with Crippen LogP contribution in [0, 0.1) is 0 Å². The van der Waals surface area contributed by atoms with Crippen LogP contribution in [-0.2, 0) is 6.42 Å². The summed E-state index contributed by atoms with van der Waals surface area (Å²) in [7, 11) is 1.61. The van der Waals surface area contributed by atoms with E-state index in [9.17, 15) is 13.2 Å². The summed E-state index contributed by atoms with van der Waals surface area (Å²) in [6.45, 7) is 2.86. The number of methoxy groups -OCH3 is 1. The lowest BCUT2D eigenvalue weighted by Crippen LogP contribution is -2.32. The highest BCUT2D eigenvalue weighted by Gasteiger charge is 2.26. The average molecular weight is 303 g/mol. The fraction of sp³-hybridized carbons (Fsp3) is 0.625. The fourth-order valence-electron chi connectivity index (χ4n) is 2.31. The smallest absolute Gasteiger partial charge is 0.389 e. The Morgan fingerprint density at radius 2 is 1.95 bits per heavy atom. The van der Waals surface area contributed by atoms with Crippen molar-refractivity contribution in [1.82, 2.24) is 5.32 Å². The molecule has 0 aliphatic rings. The first kappa shape index (κ1) is 17.8. The highest BCUT2D eigenvalue weighted by molar-refractivity contribution is 5.33. The molecule has 1 aromatic rings. The Bertz CT molecular complexity index is 407. The molecule has 0 heterocycles. The van der Waals surface area contributed by atoms with Crippen molar-refractivity contribution in [1.29, 1.82) is 0 Å². The van der Waals surface area contributed by atoms with Gasteiger partial charge in [-0.3, -0.25) is 0 Å². The van der Waals surface area contributed by atoms with Crippen molar-refractivity contribution in [3.8, 4) is 5.75 Å². The Morgan fingerprint density at radius 3 is 2.57 bits per heavy atom. The topological polar surface area (TPSA) is 21.3 Å². The van der Waals surface area contributed by atoms with E-state index < -0.39 is 12.6 Å². The number of ether oxygens (including phenoxy) is 1. The van der Waals surface area contributed by atoms with Crippen molar-refractivity contribution in [3.05, 3.63) is 29.8 Å². The number of hydrogen-bond acceptors (Lipinski definition) is 2. The Balaban J connectivity index is 2.60. The molecule has 0 saturated heterocycles. The van der Waals surface area contributed by atoms with Gasteiger partial charge in [-0.2, -0.15) is 13.2 Å². The molecule has 0 spiro atoms. The second-order valence-corrected chi connectivity index (χ2v) is 5.17. The van der Waals surface area contributed by atoms with Crippen molar-refractivity contribution in [2.75, 3.05) is 13.7 Å². The normalized spacial score (nSPS) is 13.2. The van der Waals surface area contributed by atoms with Crippen LogP contribution in [0.3, 0.4) is 0 Å². The lowest BCUT2D eigenvalue weighted by Gasteiger charge is -2.20. The van der Waals surface area contributed by atoms with Crippen LogP contribution < -0.4 is 10.1 Å². The highest BCUT2D eigenvalue weighted by atomic mass is 19.4. The van der Waals surface area contributed by atoms with Gasteiger partial charge in [0.1, 0.15) is 5.75 Å². The maximum atomic E-state index is 12.3. The maximum Gasteiger partial charge on any atom is 0.389 e. The maximum absolute atomic E-state index is 12.3. The van der Waals surface area contributed by atoms with Gasteiger partial charge in [-0.05, 0) is 43.9 Å². The van der Waals surface area contributed by atoms with Crippen molar-refractivity contribution in [2.45, 2.75) is 51.2 Å². The van der Waals surface area contributed by atoms with Crippen molar-refractivity contribution >= 4 is 0 Å². The lowest BCUT2D eigenvalue weighted by molar-refractivity contribution is -0.135. The molecule has 5 heteroatoms. The summed E-state index contributed by atoms with van der Waals surface area (Å²) in [4.78, 5) is 0. The first-order chi connectivity index (χ1) is 9.96. The quantitative estimate of drug-likeness (QED) is 0.733. The van der Waals surface area contributed by atoms with Gasteiger partial charge in [0, 0.05) is 12.5 Å². The Morgan fingerprint density at radius 1 is 1.24 bits per heavy atom. The van der Waals surface area contributed by atoms with Crippen LogP contribution >= 0.6 is 0 Å². The summed E-state index contributed by atoms with van der Waals surface area (Å²) in [5, 5.41) is 3.33. The molecule has 0 saturated carbocycles. The molecule has 0 radical (unpaired) electrons. The second kappa shape index (κ2) is 8.93. The zero-order chi connectivity index (χ0) is 15.7. The van der Waals surface area contributed by atoms with Gasteiger partial charge < -0.3 is 10.1 Å². The monoisotopic (exact) mass is 303 g/mol. The largest absolute Gasteiger partial charge is 0.496 e. The van der Waals surface area contributed by atoms with Gasteiger partial charge in [0.2, 0.25) is 0 Å².